The Kier molecular flexibility index (Phi) is 5.43. The minimum Gasteiger partial charge on any atom is -0.508 e. The van der Waals surface area contributed by atoms with E-state index in [4.69, 9.17) is 7.48 Å². The average molecular weight is 462 g/mol. The molecule has 0 bridgehead atoms. The number of thioether (sulfide) groups is 1. The molecule has 1 saturated heterocycles. The fourth-order valence-electron chi connectivity index (χ4n) is 4.55. The molecule has 1 fully saturated rings. The predicted molar refractivity (Wildman–Crippen MR) is 135 cm³/mol. The van der Waals surface area contributed by atoms with Crippen LogP contribution in [-0.4, -0.2) is 40.0 Å². The Bertz CT molecular complexity index is 1260. The van der Waals surface area contributed by atoms with Crippen LogP contribution in [0.3, 0.4) is 0 Å². The predicted octanol–water partition coefficient (Wildman–Crippen LogP) is 6.35. The zero-order valence-electron chi connectivity index (χ0n) is 20.8. The van der Waals surface area contributed by atoms with Crippen molar-refractivity contribution in [3.05, 3.63) is 83.4 Å². The zero-order valence-corrected chi connectivity index (χ0v) is 19.7. The fourth-order valence-corrected chi connectivity index (χ4v) is 5.71. The number of hydrogen-bond acceptors (Lipinski definition) is 5. The summed E-state index contributed by atoms with van der Waals surface area (Å²) in [6.45, 7) is 7.29. The van der Waals surface area contributed by atoms with Crippen molar-refractivity contribution in [2.24, 2.45) is 0 Å². The van der Waals surface area contributed by atoms with Crippen molar-refractivity contribution in [3.8, 4) is 17.2 Å². The summed E-state index contributed by atoms with van der Waals surface area (Å²) in [6.07, 6.45) is 0.586. The molecule has 2 N–H and O–H groups in total. The molecule has 0 amide bonds. The molecule has 0 aromatic heterocycles. The highest BCUT2D eigenvalue weighted by Crippen LogP contribution is 2.47. The number of benzene rings is 3. The summed E-state index contributed by atoms with van der Waals surface area (Å²) in [4.78, 5) is 3.11. The standard InChI is InChI=1S/C28H29NO3S/c1-3-14-29-16-24(17-29)33-23-11-6-20(7-12-23)28-27(19-4-8-21(30)9-5-19)18(2)25-13-10-22(31)15-26(25)32-28/h4-13,15,24,28,30-31H,3,14,16-17H2,1-2H3/i11D,12D. The number of nitrogens with zero attached hydrogens (tertiary/aromatic N) is 1. The molecule has 0 saturated carbocycles. The van der Waals surface area contributed by atoms with Crippen molar-refractivity contribution in [1.82, 2.24) is 4.90 Å². The maximum Gasteiger partial charge on any atom is 0.150 e. The summed E-state index contributed by atoms with van der Waals surface area (Å²) < 4.78 is 23.9. The van der Waals surface area contributed by atoms with Crippen molar-refractivity contribution < 1.29 is 17.7 Å². The molecule has 1 unspecified atom stereocenters. The van der Waals surface area contributed by atoms with Gasteiger partial charge in [-0.25, -0.2) is 0 Å². The van der Waals surface area contributed by atoms with Crippen LogP contribution in [-0.2, 0) is 0 Å². The van der Waals surface area contributed by atoms with E-state index in [0.717, 1.165) is 53.9 Å². The van der Waals surface area contributed by atoms with Crippen LogP contribution in [0, 0.1) is 0 Å². The maximum atomic E-state index is 10.0. The highest BCUT2D eigenvalue weighted by Gasteiger charge is 2.30. The van der Waals surface area contributed by atoms with Gasteiger partial charge in [-0.3, -0.25) is 0 Å². The zero-order chi connectivity index (χ0) is 24.7. The lowest BCUT2D eigenvalue weighted by Crippen LogP contribution is -2.48. The summed E-state index contributed by atoms with van der Waals surface area (Å²) in [7, 11) is 0. The summed E-state index contributed by atoms with van der Waals surface area (Å²) >= 11 is 1.63. The largest absolute Gasteiger partial charge is 0.508 e. The van der Waals surface area contributed by atoms with Crippen molar-refractivity contribution in [2.75, 3.05) is 19.6 Å². The lowest BCUT2D eigenvalue weighted by atomic mass is 9.86. The molecule has 1 atom stereocenters. The van der Waals surface area contributed by atoms with Crippen molar-refractivity contribution in [2.45, 2.75) is 36.5 Å². The maximum absolute atomic E-state index is 10.0. The van der Waals surface area contributed by atoms with Gasteiger partial charge in [0.2, 0.25) is 0 Å². The minimum absolute atomic E-state index is 0.120. The van der Waals surface area contributed by atoms with Gasteiger partial charge < -0.3 is 19.8 Å². The van der Waals surface area contributed by atoms with Crippen molar-refractivity contribution in [3.63, 3.8) is 0 Å². The second-order valence-electron chi connectivity index (χ2n) is 8.67. The number of ether oxygens (including phenoxy) is 1. The molecular formula is C28H29NO3S. The molecule has 2 aliphatic rings. The van der Waals surface area contributed by atoms with Gasteiger partial charge in [0, 0.05) is 40.4 Å². The highest BCUT2D eigenvalue weighted by atomic mass is 32.2. The first-order chi connectivity index (χ1) is 16.8. The first kappa shape index (κ1) is 19.6. The Morgan fingerprint density at radius 1 is 1.03 bits per heavy atom. The van der Waals surface area contributed by atoms with Crippen LogP contribution in [0.5, 0.6) is 17.2 Å². The Labute approximate surface area is 202 Å². The molecule has 5 heteroatoms. The van der Waals surface area contributed by atoms with Gasteiger partial charge in [-0.2, -0.15) is 0 Å². The van der Waals surface area contributed by atoms with Crippen LogP contribution in [0.25, 0.3) is 11.1 Å². The van der Waals surface area contributed by atoms with E-state index in [-0.39, 0.29) is 11.5 Å². The van der Waals surface area contributed by atoms with Gasteiger partial charge in [-0.05, 0) is 72.9 Å². The second-order valence-corrected chi connectivity index (χ2v) is 9.98. The van der Waals surface area contributed by atoms with Crippen LogP contribution >= 0.6 is 11.8 Å². The van der Waals surface area contributed by atoms with Gasteiger partial charge >= 0.3 is 0 Å². The number of phenols is 2. The highest BCUT2D eigenvalue weighted by molar-refractivity contribution is 8.00. The van der Waals surface area contributed by atoms with Gasteiger partial charge in [-0.1, -0.05) is 31.2 Å². The molecule has 2 heterocycles. The Morgan fingerprint density at radius 3 is 2.42 bits per heavy atom. The van der Waals surface area contributed by atoms with E-state index in [1.807, 2.05) is 25.1 Å². The summed E-state index contributed by atoms with van der Waals surface area (Å²) in [5, 5.41) is 20.3. The lowest BCUT2D eigenvalue weighted by Gasteiger charge is -2.38. The SMILES string of the molecule is [2H]c1cc(C2Oc3cc(O)ccc3C(C)=C2c2ccc(O)cc2)cc([2H])c1SC1CN(CCC)C1. The van der Waals surface area contributed by atoms with E-state index >= 15 is 0 Å². The number of hydrogen-bond donors (Lipinski definition) is 2. The number of fused-ring (bicyclic) bond motifs is 1. The summed E-state index contributed by atoms with van der Waals surface area (Å²) in [5.41, 5.74) is 4.40. The molecule has 4 nitrogen and oxygen atoms in total. The third kappa shape index (κ3) is 4.48. The molecule has 0 radical (unpaired) electrons. The van der Waals surface area contributed by atoms with Crippen LogP contribution < -0.4 is 4.74 Å². The van der Waals surface area contributed by atoms with E-state index in [0.29, 0.717) is 28.0 Å². The molecule has 2 aliphatic heterocycles. The Balaban J connectivity index is 1.52. The van der Waals surface area contributed by atoms with Crippen molar-refractivity contribution in [1.29, 1.82) is 0 Å². The molecule has 170 valence electrons. The van der Waals surface area contributed by atoms with Gasteiger partial charge in [0.1, 0.15) is 23.4 Å². The van der Waals surface area contributed by atoms with Crippen LogP contribution in [0.1, 0.15) is 45.8 Å². The molecule has 0 spiro atoms. The summed E-state index contributed by atoms with van der Waals surface area (Å²) in [6, 6.07) is 16.3. The second kappa shape index (κ2) is 9.16. The van der Waals surface area contributed by atoms with Crippen LogP contribution in [0.4, 0.5) is 0 Å². The van der Waals surface area contributed by atoms with Crippen LogP contribution in [0.15, 0.2) is 71.6 Å². The van der Waals surface area contributed by atoms with Gasteiger partial charge in [0.15, 0.2) is 0 Å². The first-order valence-corrected chi connectivity index (χ1v) is 12.2. The number of allylic oxidation sites excluding steroid dienone is 1. The number of phenolic OH excluding ortho intramolecular Hbond substituents is 2. The topological polar surface area (TPSA) is 52.9 Å². The monoisotopic (exact) mass is 461 g/mol. The van der Waals surface area contributed by atoms with Crippen molar-refractivity contribution >= 4 is 22.9 Å². The molecule has 3 aromatic rings. The molecule has 3 aromatic carbocycles. The molecule has 5 rings (SSSR count). The minimum atomic E-state index is -0.551. The quantitative estimate of drug-likeness (QED) is 0.448. The van der Waals surface area contributed by atoms with Gasteiger partial charge in [0.05, 0.1) is 2.74 Å². The van der Waals surface area contributed by atoms with Crippen LogP contribution in [0.2, 0.25) is 0 Å². The molecular weight excluding hydrogens is 430 g/mol. The smallest absolute Gasteiger partial charge is 0.150 e. The van der Waals surface area contributed by atoms with E-state index in [2.05, 4.69) is 11.8 Å². The normalized spacial score (nSPS) is 19.4. The average Bonchev–Trinajstić information content (AvgIpc) is 2.80. The van der Waals surface area contributed by atoms with E-state index in [1.165, 1.54) is 0 Å². The molecule has 0 aliphatic carbocycles. The fraction of sp³-hybridized carbons (Fsp3) is 0.286. The van der Waals surface area contributed by atoms with E-state index in [1.54, 1.807) is 48.2 Å². The van der Waals surface area contributed by atoms with E-state index in [9.17, 15) is 10.2 Å². The third-order valence-electron chi connectivity index (χ3n) is 6.25. The third-order valence-corrected chi connectivity index (χ3v) is 7.35. The number of aromatic hydroxyl groups is 2. The number of likely N-dealkylation sites (tertiary alicyclic amines) is 1. The van der Waals surface area contributed by atoms with E-state index < -0.39 is 6.10 Å². The lowest BCUT2D eigenvalue weighted by molar-refractivity contribution is 0.191. The Hall–Kier alpha value is -2.89. The van der Waals surface area contributed by atoms with Gasteiger partial charge in [0.25, 0.3) is 0 Å². The first-order valence-electron chi connectivity index (χ1n) is 12.3. The number of rotatable bonds is 6. The summed E-state index contributed by atoms with van der Waals surface area (Å²) in [5.74, 6) is 0.870. The Morgan fingerprint density at radius 2 is 1.73 bits per heavy atom. The van der Waals surface area contributed by atoms with Gasteiger partial charge in [-0.15, -0.1) is 11.8 Å². The molecule has 33 heavy (non-hydrogen) atoms.